The van der Waals surface area contributed by atoms with Crippen LogP contribution in [0.2, 0.25) is 0 Å². The van der Waals surface area contributed by atoms with Gasteiger partial charge in [0.1, 0.15) is 5.75 Å². The van der Waals surface area contributed by atoms with E-state index in [1.54, 1.807) is 12.1 Å². The number of rotatable bonds is 3. The van der Waals surface area contributed by atoms with Crippen LogP contribution in [0.1, 0.15) is 13.8 Å². The van der Waals surface area contributed by atoms with E-state index in [4.69, 9.17) is 14.2 Å². The number of methoxy groups -OCH3 is 1. The predicted molar refractivity (Wildman–Crippen MR) is 55.6 cm³/mol. The molecular weight excluding hydrogens is 212 g/mol. The van der Waals surface area contributed by atoms with Crippen molar-refractivity contribution in [2.45, 2.75) is 13.8 Å². The lowest BCUT2D eigenvalue weighted by Crippen LogP contribution is -2.05. The molecule has 1 aromatic rings. The van der Waals surface area contributed by atoms with Gasteiger partial charge in [0.25, 0.3) is 0 Å². The molecule has 0 aromatic heterocycles. The Labute approximate surface area is 92.9 Å². The Kier molecular flexibility index (Phi) is 3.88. The van der Waals surface area contributed by atoms with E-state index in [-0.39, 0.29) is 5.75 Å². The normalized spacial score (nSPS) is 9.44. The number of hydrogen-bond donors (Lipinski definition) is 0. The van der Waals surface area contributed by atoms with Crippen molar-refractivity contribution >= 4 is 11.9 Å². The van der Waals surface area contributed by atoms with E-state index in [2.05, 4.69) is 0 Å². The molecule has 0 heterocycles. The maximum absolute atomic E-state index is 10.8. The highest BCUT2D eigenvalue weighted by Gasteiger charge is 2.09. The highest BCUT2D eigenvalue weighted by Crippen LogP contribution is 2.31. The van der Waals surface area contributed by atoms with E-state index >= 15 is 0 Å². The van der Waals surface area contributed by atoms with Gasteiger partial charge >= 0.3 is 11.9 Å². The molecule has 0 bridgehead atoms. The van der Waals surface area contributed by atoms with Crippen LogP contribution in [-0.2, 0) is 9.59 Å². The van der Waals surface area contributed by atoms with E-state index < -0.39 is 11.9 Å². The second kappa shape index (κ2) is 5.16. The molecule has 0 aliphatic carbocycles. The summed E-state index contributed by atoms with van der Waals surface area (Å²) in [5, 5.41) is 0. The van der Waals surface area contributed by atoms with Crippen molar-refractivity contribution in [2.75, 3.05) is 7.11 Å². The molecule has 0 amide bonds. The first-order chi connectivity index (χ1) is 7.52. The minimum absolute atomic E-state index is 0.216. The largest absolute Gasteiger partial charge is 0.493 e. The summed E-state index contributed by atoms with van der Waals surface area (Å²) in [5.41, 5.74) is 0. The predicted octanol–water partition coefficient (Wildman–Crippen LogP) is 1.55. The van der Waals surface area contributed by atoms with Gasteiger partial charge in [-0.1, -0.05) is 0 Å². The van der Waals surface area contributed by atoms with Crippen LogP contribution < -0.4 is 14.2 Å². The van der Waals surface area contributed by atoms with Gasteiger partial charge in [-0.25, -0.2) is 0 Å². The molecule has 86 valence electrons. The molecule has 0 atom stereocenters. The Hall–Kier alpha value is -2.04. The van der Waals surface area contributed by atoms with Crippen molar-refractivity contribution in [2.24, 2.45) is 0 Å². The molecule has 5 heteroatoms. The molecule has 0 unspecified atom stereocenters. The second-order valence-corrected chi connectivity index (χ2v) is 3.00. The standard InChI is InChI=1S/C11H12O5/c1-7(12)15-9-4-5-10(14-3)11(6-9)16-8(2)13/h4-6H,1-3H3. The number of benzene rings is 1. The third-order valence-electron chi connectivity index (χ3n) is 1.65. The molecule has 1 rings (SSSR count). The van der Waals surface area contributed by atoms with E-state index in [1.807, 2.05) is 0 Å². The zero-order valence-electron chi connectivity index (χ0n) is 9.27. The van der Waals surface area contributed by atoms with Crippen LogP contribution in [0.3, 0.4) is 0 Å². The fourth-order valence-electron chi connectivity index (χ4n) is 1.12. The molecule has 1 aromatic carbocycles. The van der Waals surface area contributed by atoms with E-state index in [0.717, 1.165) is 0 Å². The number of hydrogen-bond acceptors (Lipinski definition) is 5. The van der Waals surface area contributed by atoms with Crippen LogP contribution in [0.15, 0.2) is 18.2 Å². The quantitative estimate of drug-likeness (QED) is 0.575. The summed E-state index contributed by atoms with van der Waals surface area (Å²) in [6.07, 6.45) is 0. The van der Waals surface area contributed by atoms with Gasteiger partial charge in [-0.3, -0.25) is 9.59 Å². The third kappa shape index (κ3) is 3.27. The van der Waals surface area contributed by atoms with Crippen molar-refractivity contribution in [3.63, 3.8) is 0 Å². The SMILES string of the molecule is COc1ccc(OC(C)=O)cc1OC(C)=O. The maximum atomic E-state index is 10.8. The average molecular weight is 224 g/mol. The molecule has 16 heavy (non-hydrogen) atoms. The minimum atomic E-state index is -0.474. The number of carbonyl (C=O) groups is 2. The summed E-state index contributed by atoms with van der Waals surface area (Å²) in [4.78, 5) is 21.6. The van der Waals surface area contributed by atoms with Gasteiger partial charge in [-0.05, 0) is 12.1 Å². The Morgan fingerprint density at radius 2 is 1.62 bits per heavy atom. The topological polar surface area (TPSA) is 61.8 Å². The summed E-state index contributed by atoms with van der Waals surface area (Å²) in [6.45, 7) is 2.56. The average Bonchev–Trinajstić information content (AvgIpc) is 2.16. The van der Waals surface area contributed by atoms with Gasteiger partial charge in [-0.2, -0.15) is 0 Å². The summed E-state index contributed by atoms with van der Waals surface area (Å²) < 4.78 is 14.7. The summed E-state index contributed by atoms with van der Waals surface area (Å²) >= 11 is 0. The number of esters is 2. The van der Waals surface area contributed by atoms with E-state index in [0.29, 0.717) is 11.5 Å². The van der Waals surface area contributed by atoms with E-state index in [1.165, 1.54) is 27.0 Å². The maximum Gasteiger partial charge on any atom is 0.308 e. The van der Waals surface area contributed by atoms with Crippen molar-refractivity contribution < 1.29 is 23.8 Å². The number of carbonyl (C=O) groups excluding carboxylic acids is 2. The Morgan fingerprint density at radius 3 is 2.12 bits per heavy atom. The Balaban J connectivity index is 3.00. The highest BCUT2D eigenvalue weighted by molar-refractivity contribution is 5.72. The molecular formula is C11H12O5. The van der Waals surface area contributed by atoms with Crippen LogP contribution >= 0.6 is 0 Å². The molecule has 0 N–H and O–H groups in total. The zero-order valence-corrected chi connectivity index (χ0v) is 9.27. The molecule has 5 nitrogen and oxygen atoms in total. The van der Waals surface area contributed by atoms with Gasteiger partial charge in [0.05, 0.1) is 7.11 Å². The van der Waals surface area contributed by atoms with Crippen LogP contribution in [0, 0.1) is 0 Å². The molecule has 0 saturated heterocycles. The van der Waals surface area contributed by atoms with Crippen LogP contribution in [0.25, 0.3) is 0 Å². The summed E-state index contributed by atoms with van der Waals surface area (Å²) in [7, 11) is 1.45. The van der Waals surface area contributed by atoms with E-state index in [9.17, 15) is 9.59 Å². The molecule has 0 spiro atoms. The highest BCUT2D eigenvalue weighted by atomic mass is 16.6. The van der Waals surface area contributed by atoms with Crippen LogP contribution in [0.5, 0.6) is 17.2 Å². The molecule has 0 aliphatic heterocycles. The Morgan fingerprint density at radius 1 is 1.00 bits per heavy atom. The number of ether oxygens (including phenoxy) is 3. The molecule has 0 aliphatic rings. The van der Waals surface area contributed by atoms with Gasteiger partial charge in [0, 0.05) is 19.9 Å². The smallest absolute Gasteiger partial charge is 0.308 e. The van der Waals surface area contributed by atoms with Gasteiger partial charge < -0.3 is 14.2 Å². The lowest BCUT2D eigenvalue weighted by molar-refractivity contribution is -0.132. The first-order valence-electron chi connectivity index (χ1n) is 4.58. The van der Waals surface area contributed by atoms with Crippen molar-refractivity contribution in [1.82, 2.24) is 0 Å². The third-order valence-corrected chi connectivity index (χ3v) is 1.65. The first kappa shape index (κ1) is 12.0. The zero-order chi connectivity index (χ0) is 12.1. The van der Waals surface area contributed by atoms with Gasteiger partial charge in [0.15, 0.2) is 11.5 Å². The summed E-state index contributed by atoms with van der Waals surface area (Å²) in [5.74, 6) is -0.0124. The van der Waals surface area contributed by atoms with Crippen molar-refractivity contribution in [1.29, 1.82) is 0 Å². The Bertz CT molecular complexity index is 411. The second-order valence-electron chi connectivity index (χ2n) is 3.00. The summed E-state index contributed by atoms with van der Waals surface area (Å²) in [6, 6.07) is 4.52. The van der Waals surface area contributed by atoms with Crippen LogP contribution in [-0.4, -0.2) is 19.0 Å². The fraction of sp³-hybridized carbons (Fsp3) is 0.273. The molecule has 0 saturated carbocycles. The van der Waals surface area contributed by atoms with Crippen molar-refractivity contribution in [3.05, 3.63) is 18.2 Å². The minimum Gasteiger partial charge on any atom is -0.493 e. The lowest BCUT2D eigenvalue weighted by atomic mass is 10.3. The lowest BCUT2D eigenvalue weighted by Gasteiger charge is -2.09. The van der Waals surface area contributed by atoms with Gasteiger partial charge in [0.2, 0.25) is 0 Å². The molecule has 0 radical (unpaired) electrons. The monoisotopic (exact) mass is 224 g/mol. The van der Waals surface area contributed by atoms with Crippen LogP contribution in [0.4, 0.5) is 0 Å². The van der Waals surface area contributed by atoms with Crippen molar-refractivity contribution in [3.8, 4) is 17.2 Å². The molecule has 0 fully saturated rings. The van der Waals surface area contributed by atoms with Gasteiger partial charge in [-0.15, -0.1) is 0 Å². The first-order valence-corrected chi connectivity index (χ1v) is 4.58. The fourth-order valence-corrected chi connectivity index (χ4v) is 1.12.